The molecule has 0 unspecified atom stereocenters. The highest BCUT2D eigenvalue weighted by atomic mass is 35.5. The summed E-state index contributed by atoms with van der Waals surface area (Å²) < 4.78 is 5.75. The maximum atomic E-state index is 8.71. The van der Waals surface area contributed by atoms with Gasteiger partial charge in [0, 0.05) is 18.0 Å². The molecule has 1 heterocycles. The summed E-state index contributed by atoms with van der Waals surface area (Å²) >= 11 is 6.15. The van der Waals surface area contributed by atoms with Gasteiger partial charge < -0.3 is 9.73 Å². The Kier molecular flexibility index (Phi) is 3.97. The summed E-state index contributed by atoms with van der Waals surface area (Å²) in [5.41, 5.74) is 2.65. The predicted molar refractivity (Wildman–Crippen MR) is 87.4 cm³/mol. The van der Waals surface area contributed by atoms with Gasteiger partial charge in [0.05, 0.1) is 10.6 Å². The van der Waals surface area contributed by atoms with Gasteiger partial charge in [0.1, 0.15) is 23.2 Å². The molecule has 0 bridgehead atoms. The van der Waals surface area contributed by atoms with E-state index in [1.807, 2.05) is 18.2 Å². The predicted octanol–water partition coefficient (Wildman–Crippen LogP) is 4.49. The fourth-order valence-electron chi connectivity index (χ4n) is 2.01. The molecule has 6 heteroatoms. The van der Waals surface area contributed by atoms with E-state index in [0.717, 1.165) is 5.56 Å². The highest BCUT2D eigenvalue weighted by Crippen LogP contribution is 2.30. The third kappa shape index (κ3) is 3.01. The van der Waals surface area contributed by atoms with Crippen molar-refractivity contribution in [1.29, 1.82) is 10.5 Å². The summed E-state index contributed by atoms with van der Waals surface area (Å²) in [5.74, 6) is 0.438. The van der Waals surface area contributed by atoms with Gasteiger partial charge in [0.2, 0.25) is 5.89 Å². The molecule has 3 aromatic rings. The van der Waals surface area contributed by atoms with Crippen LogP contribution in [0.5, 0.6) is 0 Å². The van der Waals surface area contributed by atoms with E-state index in [1.165, 1.54) is 6.20 Å². The number of oxazole rings is 1. The second kappa shape index (κ2) is 6.23. The van der Waals surface area contributed by atoms with Crippen LogP contribution >= 0.6 is 11.6 Å². The molecule has 23 heavy (non-hydrogen) atoms. The lowest BCUT2D eigenvalue weighted by Gasteiger charge is -1.99. The van der Waals surface area contributed by atoms with Gasteiger partial charge in [-0.05, 0) is 24.3 Å². The van der Waals surface area contributed by atoms with Gasteiger partial charge in [-0.2, -0.15) is 10.5 Å². The molecule has 0 aliphatic carbocycles. The second-order valence-corrected chi connectivity index (χ2v) is 5.01. The fraction of sp³-hybridized carbons (Fsp3) is 0. The van der Waals surface area contributed by atoms with Crippen molar-refractivity contribution in [1.82, 2.24) is 4.98 Å². The Labute approximate surface area is 137 Å². The van der Waals surface area contributed by atoms with Crippen LogP contribution in [0, 0.1) is 22.7 Å². The zero-order valence-electron chi connectivity index (χ0n) is 11.7. The third-order valence-electron chi connectivity index (χ3n) is 3.12. The molecule has 0 amide bonds. The maximum Gasteiger partial charge on any atom is 0.228 e. The van der Waals surface area contributed by atoms with E-state index in [4.69, 9.17) is 26.5 Å². The molecule has 5 nitrogen and oxygen atoms in total. The van der Waals surface area contributed by atoms with Gasteiger partial charge in [-0.15, -0.1) is 0 Å². The molecule has 0 aliphatic heterocycles. The molecule has 1 N–H and O–H groups in total. The van der Waals surface area contributed by atoms with Gasteiger partial charge in [-0.1, -0.05) is 23.7 Å². The monoisotopic (exact) mass is 320 g/mol. The Morgan fingerprint density at radius 1 is 1.17 bits per heavy atom. The molecule has 0 atom stereocenters. The number of hydrogen-bond acceptors (Lipinski definition) is 5. The number of allylic oxidation sites excluding steroid dienone is 1. The van der Waals surface area contributed by atoms with Gasteiger partial charge in [0.25, 0.3) is 0 Å². The Morgan fingerprint density at radius 3 is 2.70 bits per heavy atom. The Hall–Kier alpha value is -3.28. The summed E-state index contributed by atoms with van der Waals surface area (Å²) in [5, 5.41) is 20.9. The van der Waals surface area contributed by atoms with E-state index >= 15 is 0 Å². The number of fused-ring (bicyclic) bond motifs is 1. The van der Waals surface area contributed by atoms with Crippen LogP contribution in [0.1, 0.15) is 0 Å². The first kappa shape index (κ1) is 14.6. The molecule has 0 spiro atoms. The number of benzene rings is 2. The number of nitrogens with one attached hydrogen (secondary N) is 1. The largest absolute Gasteiger partial charge is 0.436 e. The number of halogens is 1. The van der Waals surface area contributed by atoms with Gasteiger partial charge >= 0.3 is 0 Å². The number of rotatable bonds is 3. The average Bonchev–Trinajstić information content (AvgIpc) is 2.99. The minimum Gasteiger partial charge on any atom is -0.436 e. The number of nitrogens with zero attached hydrogens (tertiary/aromatic N) is 3. The van der Waals surface area contributed by atoms with E-state index in [9.17, 15) is 0 Å². The molecule has 0 aliphatic rings. The van der Waals surface area contributed by atoms with E-state index in [-0.39, 0.29) is 5.57 Å². The van der Waals surface area contributed by atoms with Crippen LogP contribution < -0.4 is 5.32 Å². The van der Waals surface area contributed by atoms with Crippen LogP contribution in [-0.4, -0.2) is 4.98 Å². The summed E-state index contributed by atoms with van der Waals surface area (Å²) in [4.78, 5) is 4.41. The van der Waals surface area contributed by atoms with Crippen LogP contribution in [0.2, 0.25) is 5.02 Å². The van der Waals surface area contributed by atoms with Crippen LogP contribution in [0.3, 0.4) is 0 Å². The minimum absolute atomic E-state index is 0.0144. The average molecular weight is 321 g/mol. The van der Waals surface area contributed by atoms with Crippen molar-refractivity contribution in [3.63, 3.8) is 0 Å². The van der Waals surface area contributed by atoms with E-state index in [0.29, 0.717) is 27.7 Å². The van der Waals surface area contributed by atoms with Crippen molar-refractivity contribution < 1.29 is 4.42 Å². The molecule has 110 valence electrons. The molecular formula is C17H9ClN4O. The molecule has 1 aromatic heterocycles. The quantitative estimate of drug-likeness (QED) is 0.718. The first-order chi connectivity index (χ1) is 11.2. The molecular weight excluding hydrogens is 312 g/mol. The number of hydrogen-bond donors (Lipinski definition) is 1. The van der Waals surface area contributed by atoms with Gasteiger partial charge in [-0.25, -0.2) is 4.98 Å². The third-order valence-corrected chi connectivity index (χ3v) is 3.45. The molecule has 0 fully saturated rings. The number of aromatic nitrogens is 1. The normalized spacial score (nSPS) is 9.87. The zero-order valence-corrected chi connectivity index (χ0v) is 12.5. The maximum absolute atomic E-state index is 8.71. The SMILES string of the molecule is N#CC(C#N)=CNc1ccc2nc(-c3ccccc3Cl)oc2c1. The Bertz CT molecular complexity index is 976. The standard InChI is InChI=1S/C17H9ClN4O/c18-14-4-2-1-3-13(14)17-22-15-6-5-12(7-16(15)23-17)21-10-11(8-19)9-20/h1-7,10,21H. The summed E-state index contributed by atoms with van der Waals surface area (Å²) in [6.45, 7) is 0. The van der Waals surface area contributed by atoms with Crippen molar-refractivity contribution in [3.05, 3.63) is 59.3 Å². The van der Waals surface area contributed by atoms with Crippen LogP contribution in [0.25, 0.3) is 22.6 Å². The van der Waals surface area contributed by atoms with Gasteiger partial charge in [0.15, 0.2) is 5.58 Å². The lowest BCUT2D eigenvalue weighted by atomic mass is 10.2. The summed E-state index contributed by atoms with van der Waals surface area (Å²) in [6, 6.07) is 16.2. The van der Waals surface area contributed by atoms with Crippen LogP contribution in [0.15, 0.2) is 58.7 Å². The van der Waals surface area contributed by atoms with E-state index in [2.05, 4.69) is 10.3 Å². The van der Waals surface area contributed by atoms with Crippen LogP contribution in [-0.2, 0) is 0 Å². The minimum atomic E-state index is -0.0144. The number of anilines is 1. The Balaban J connectivity index is 1.96. The lowest BCUT2D eigenvalue weighted by Crippen LogP contribution is -1.89. The lowest BCUT2D eigenvalue weighted by molar-refractivity contribution is 0.620. The summed E-state index contributed by atoms with van der Waals surface area (Å²) in [7, 11) is 0. The highest BCUT2D eigenvalue weighted by Gasteiger charge is 2.11. The van der Waals surface area contributed by atoms with E-state index in [1.54, 1.807) is 36.4 Å². The topological polar surface area (TPSA) is 85.6 Å². The molecule has 0 saturated carbocycles. The van der Waals surface area contributed by atoms with Crippen molar-refractivity contribution in [3.8, 4) is 23.6 Å². The highest BCUT2D eigenvalue weighted by molar-refractivity contribution is 6.33. The molecule has 0 radical (unpaired) electrons. The Morgan fingerprint density at radius 2 is 1.96 bits per heavy atom. The van der Waals surface area contributed by atoms with Gasteiger partial charge in [-0.3, -0.25) is 0 Å². The molecule has 0 saturated heterocycles. The second-order valence-electron chi connectivity index (χ2n) is 4.61. The first-order valence-corrected chi connectivity index (χ1v) is 7.01. The fourth-order valence-corrected chi connectivity index (χ4v) is 2.23. The van der Waals surface area contributed by atoms with Crippen molar-refractivity contribution in [2.75, 3.05) is 5.32 Å². The van der Waals surface area contributed by atoms with E-state index < -0.39 is 0 Å². The van der Waals surface area contributed by atoms with Crippen molar-refractivity contribution >= 4 is 28.4 Å². The van der Waals surface area contributed by atoms with Crippen molar-refractivity contribution in [2.24, 2.45) is 0 Å². The summed E-state index contributed by atoms with van der Waals surface area (Å²) in [6.07, 6.45) is 1.34. The van der Waals surface area contributed by atoms with Crippen molar-refractivity contribution in [2.45, 2.75) is 0 Å². The zero-order chi connectivity index (χ0) is 16.2. The number of nitriles is 2. The smallest absolute Gasteiger partial charge is 0.228 e. The molecule has 3 rings (SSSR count). The van der Waals surface area contributed by atoms with Crippen LogP contribution in [0.4, 0.5) is 5.69 Å². The first-order valence-electron chi connectivity index (χ1n) is 6.63. The molecule has 2 aromatic carbocycles.